The largest absolute Gasteiger partial charge is 0.494 e. The third kappa shape index (κ3) is 6.69. The monoisotopic (exact) mass is 554 g/mol. The molecule has 1 aromatic heterocycles. The number of hydrogen-bond donors (Lipinski definition) is 2. The van der Waals surface area contributed by atoms with Gasteiger partial charge in [-0.1, -0.05) is 38.4 Å². The van der Waals surface area contributed by atoms with Crippen LogP contribution in [0.5, 0.6) is 11.5 Å². The Morgan fingerprint density at radius 1 is 1.11 bits per heavy atom. The van der Waals surface area contributed by atoms with Crippen molar-refractivity contribution in [3.63, 3.8) is 0 Å². The summed E-state index contributed by atoms with van der Waals surface area (Å²) < 4.78 is 11.3. The number of carbonyl (C=O) groups is 2. The Balaban J connectivity index is 1.59. The van der Waals surface area contributed by atoms with Crippen LogP contribution in [0.25, 0.3) is 0 Å². The minimum Gasteiger partial charge on any atom is -0.494 e. The summed E-state index contributed by atoms with van der Waals surface area (Å²) in [6.45, 7) is 11.0. The van der Waals surface area contributed by atoms with E-state index < -0.39 is 6.10 Å². The van der Waals surface area contributed by atoms with E-state index in [0.29, 0.717) is 39.5 Å². The SMILES string of the molecule is CCOc1ccc(NC(=O)c2c(NC(=O)C(C)Oc3cccc(Cl)c3)sc3c2CCC(C(C)(C)C)C3)cc1. The molecule has 0 bridgehead atoms. The third-order valence-electron chi connectivity index (χ3n) is 6.86. The van der Waals surface area contributed by atoms with Gasteiger partial charge >= 0.3 is 0 Å². The van der Waals surface area contributed by atoms with Crippen molar-refractivity contribution in [2.24, 2.45) is 11.3 Å². The summed E-state index contributed by atoms with van der Waals surface area (Å²) in [5.74, 6) is 1.19. The van der Waals surface area contributed by atoms with Crippen LogP contribution in [0.2, 0.25) is 5.02 Å². The highest BCUT2D eigenvalue weighted by Gasteiger charge is 2.34. The van der Waals surface area contributed by atoms with Crippen LogP contribution in [0.4, 0.5) is 10.7 Å². The highest BCUT2D eigenvalue weighted by atomic mass is 35.5. The van der Waals surface area contributed by atoms with E-state index in [-0.39, 0.29) is 17.2 Å². The van der Waals surface area contributed by atoms with Gasteiger partial charge in [0, 0.05) is 15.6 Å². The molecule has 202 valence electrons. The minimum atomic E-state index is -0.781. The number of rotatable bonds is 8. The van der Waals surface area contributed by atoms with Gasteiger partial charge in [-0.15, -0.1) is 11.3 Å². The average molecular weight is 555 g/mol. The number of nitrogens with one attached hydrogen (secondary N) is 2. The van der Waals surface area contributed by atoms with Crippen molar-refractivity contribution in [2.75, 3.05) is 17.2 Å². The molecule has 1 aliphatic rings. The Morgan fingerprint density at radius 2 is 1.84 bits per heavy atom. The molecule has 2 amide bonds. The number of halogens is 1. The van der Waals surface area contributed by atoms with E-state index in [1.165, 1.54) is 11.3 Å². The van der Waals surface area contributed by atoms with Crippen molar-refractivity contribution in [2.45, 2.75) is 60.0 Å². The topological polar surface area (TPSA) is 76.7 Å². The van der Waals surface area contributed by atoms with Gasteiger partial charge in [0.15, 0.2) is 6.10 Å². The predicted molar refractivity (Wildman–Crippen MR) is 155 cm³/mol. The van der Waals surface area contributed by atoms with Crippen LogP contribution in [-0.2, 0) is 17.6 Å². The van der Waals surface area contributed by atoms with Gasteiger partial charge in [0.2, 0.25) is 0 Å². The number of amides is 2. The number of benzene rings is 2. The second-order valence-electron chi connectivity index (χ2n) is 10.6. The molecule has 0 aliphatic heterocycles. The first-order valence-electron chi connectivity index (χ1n) is 13.0. The molecule has 6 nitrogen and oxygen atoms in total. The molecule has 8 heteroatoms. The van der Waals surface area contributed by atoms with E-state index >= 15 is 0 Å². The second-order valence-corrected chi connectivity index (χ2v) is 12.2. The van der Waals surface area contributed by atoms with E-state index in [9.17, 15) is 9.59 Å². The van der Waals surface area contributed by atoms with Crippen LogP contribution in [0.1, 0.15) is 61.8 Å². The van der Waals surface area contributed by atoms with E-state index in [0.717, 1.165) is 35.5 Å². The van der Waals surface area contributed by atoms with Crippen molar-refractivity contribution >= 4 is 45.4 Å². The average Bonchev–Trinajstić information content (AvgIpc) is 3.22. The van der Waals surface area contributed by atoms with Gasteiger partial charge in [-0.25, -0.2) is 0 Å². The fraction of sp³-hybridized carbons (Fsp3) is 0.400. The lowest BCUT2D eigenvalue weighted by Crippen LogP contribution is -2.30. The third-order valence-corrected chi connectivity index (χ3v) is 8.26. The zero-order chi connectivity index (χ0) is 27.4. The van der Waals surface area contributed by atoms with Crippen molar-refractivity contribution in [3.8, 4) is 11.5 Å². The lowest BCUT2D eigenvalue weighted by Gasteiger charge is -2.33. The number of ether oxygens (including phenoxy) is 2. The zero-order valence-electron chi connectivity index (χ0n) is 22.5. The number of thiophene rings is 1. The number of hydrogen-bond acceptors (Lipinski definition) is 5. The van der Waals surface area contributed by atoms with Crippen LogP contribution in [0.3, 0.4) is 0 Å². The number of fused-ring (bicyclic) bond motifs is 1. The highest BCUT2D eigenvalue weighted by molar-refractivity contribution is 7.17. The molecule has 2 aromatic carbocycles. The van der Waals surface area contributed by atoms with Gasteiger partial charge in [0.1, 0.15) is 16.5 Å². The van der Waals surface area contributed by atoms with Crippen LogP contribution in [0, 0.1) is 11.3 Å². The molecule has 2 unspecified atom stereocenters. The summed E-state index contributed by atoms with van der Waals surface area (Å²) in [7, 11) is 0. The van der Waals surface area contributed by atoms with E-state index in [1.54, 1.807) is 31.2 Å². The molecule has 2 N–H and O–H groups in total. The smallest absolute Gasteiger partial charge is 0.265 e. The first kappa shape index (κ1) is 28.0. The fourth-order valence-corrected chi connectivity index (χ4v) is 6.17. The molecule has 4 rings (SSSR count). The summed E-state index contributed by atoms with van der Waals surface area (Å²) in [6.07, 6.45) is 1.90. The summed E-state index contributed by atoms with van der Waals surface area (Å²) in [4.78, 5) is 27.9. The maximum Gasteiger partial charge on any atom is 0.265 e. The first-order chi connectivity index (χ1) is 18.0. The molecule has 0 spiro atoms. The van der Waals surface area contributed by atoms with E-state index in [2.05, 4.69) is 31.4 Å². The molecule has 3 aromatic rings. The van der Waals surface area contributed by atoms with Gasteiger partial charge in [0.05, 0.1) is 12.2 Å². The maximum atomic E-state index is 13.6. The molecule has 0 radical (unpaired) electrons. The Morgan fingerprint density at radius 3 is 2.50 bits per heavy atom. The summed E-state index contributed by atoms with van der Waals surface area (Å²) in [6, 6.07) is 14.2. The summed E-state index contributed by atoms with van der Waals surface area (Å²) >= 11 is 7.55. The lowest BCUT2D eigenvalue weighted by molar-refractivity contribution is -0.122. The van der Waals surface area contributed by atoms with E-state index in [4.69, 9.17) is 21.1 Å². The van der Waals surface area contributed by atoms with Crippen LogP contribution < -0.4 is 20.1 Å². The Hall–Kier alpha value is -3.03. The molecule has 0 fully saturated rings. The molecular formula is C30H35ClN2O4S. The zero-order valence-corrected chi connectivity index (χ0v) is 24.1. The van der Waals surface area contributed by atoms with Crippen molar-refractivity contribution < 1.29 is 19.1 Å². The van der Waals surface area contributed by atoms with Crippen LogP contribution >= 0.6 is 22.9 Å². The predicted octanol–water partition coefficient (Wildman–Crippen LogP) is 7.61. The van der Waals surface area contributed by atoms with Gasteiger partial charge < -0.3 is 20.1 Å². The normalized spacial score (nSPS) is 15.8. The van der Waals surface area contributed by atoms with Crippen LogP contribution in [0.15, 0.2) is 48.5 Å². The first-order valence-corrected chi connectivity index (χ1v) is 14.2. The van der Waals surface area contributed by atoms with Crippen molar-refractivity contribution in [3.05, 3.63) is 69.6 Å². The Bertz CT molecular complexity index is 1300. The molecule has 38 heavy (non-hydrogen) atoms. The van der Waals surface area contributed by atoms with Gasteiger partial charge in [-0.05, 0) is 92.5 Å². The van der Waals surface area contributed by atoms with Gasteiger partial charge in [0.25, 0.3) is 11.8 Å². The summed E-state index contributed by atoms with van der Waals surface area (Å²) in [5, 5.41) is 7.08. The summed E-state index contributed by atoms with van der Waals surface area (Å²) in [5.41, 5.74) is 2.39. The molecular weight excluding hydrogens is 520 g/mol. The van der Waals surface area contributed by atoms with E-state index in [1.807, 2.05) is 31.2 Å². The standard InChI is InChI=1S/C30H35ClN2O4S/c1-6-36-22-13-11-21(12-14-22)32-28(35)26-24-15-10-19(30(3,4)5)16-25(24)38-29(26)33-27(34)18(2)37-23-9-7-8-20(31)17-23/h7-9,11-14,17-19H,6,10,15-16H2,1-5H3,(H,32,35)(H,33,34). The fourth-order valence-electron chi connectivity index (χ4n) is 4.66. The highest BCUT2D eigenvalue weighted by Crippen LogP contribution is 2.44. The molecule has 1 heterocycles. The lowest BCUT2D eigenvalue weighted by atomic mass is 9.72. The second kappa shape index (κ2) is 11.8. The van der Waals surface area contributed by atoms with Crippen molar-refractivity contribution in [1.82, 2.24) is 0 Å². The number of carbonyl (C=O) groups excluding carboxylic acids is 2. The molecule has 1 aliphatic carbocycles. The van der Waals surface area contributed by atoms with Crippen LogP contribution in [-0.4, -0.2) is 24.5 Å². The maximum absolute atomic E-state index is 13.6. The van der Waals surface area contributed by atoms with Gasteiger partial charge in [-0.2, -0.15) is 0 Å². The molecule has 2 atom stereocenters. The molecule has 0 saturated carbocycles. The van der Waals surface area contributed by atoms with Gasteiger partial charge in [-0.3, -0.25) is 9.59 Å². The van der Waals surface area contributed by atoms with Crippen molar-refractivity contribution in [1.29, 1.82) is 0 Å². The Labute approximate surface area is 233 Å². The Kier molecular flexibility index (Phi) is 8.68. The quantitative estimate of drug-likeness (QED) is 0.300. The minimum absolute atomic E-state index is 0.162. The number of anilines is 2. The molecule has 0 saturated heterocycles.